The Morgan fingerprint density at radius 1 is 1.33 bits per heavy atom. The summed E-state index contributed by atoms with van der Waals surface area (Å²) >= 11 is 2.83. The number of anilines is 1. The van der Waals surface area contributed by atoms with Crippen molar-refractivity contribution in [3.8, 4) is 0 Å². The van der Waals surface area contributed by atoms with Crippen LogP contribution in [0, 0.1) is 10.1 Å². The highest BCUT2D eigenvalue weighted by Gasteiger charge is 2.16. The Labute approximate surface area is 128 Å². The molecule has 1 saturated heterocycles. The summed E-state index contributed by atoms with van der Waals surface area (Å²) in [6, 6.07) is 3.04. The summed E-state index contributed by atoms with van der Waals surface area (Å²) in [6.45, 7) is 3.03. The number of hydrogen-bond donors (Lipinski definition) is 0. The lowest BCUT2D eigenvalue weighted by Crippen LogP contribution is -2.36. The molecular formula is C11H11N5O3S2. The van der Waals surface area contributed by atoms with Crippen molar-refractivity contribution in [2.45, 2.75) is 9.37 Å². The molecule has 0 N–H and O–H groups in total. The summed E-state index contributed by atoms with van der Waals surface area (Å²) < 4.78 is 6.06. The molecule has 21 heavy (non-hydrogen) atoms. The van der Waals surface area contributed by atoms with Crippen LogP contribution in [0.25, 0.3) is 0 Å². The van der Waals surface area contributed by atoms with Crippen molar-refractivity contribution < 1.29 is 9.66 Å². The van der Waals surface area contributed by atoms with Gasteiger partial charge in [0.25, 0.3) is 5.69 Å². The SMILES string of the molecule is O=[N+]([O-])c1ccc(Sc2nnc(N3CCOCC3)s2)nc1. The van der Waals surface area contributed by atoms with Crippen molar-refractivity contribution in [1.29, 1.82) is 0 Å². The highest BCUT2D eigenvalue weighted by molar-refractivity contribution is 8.01. The maximum atomic E-state index is 10.6. The summed E-state index contributed by atoms with van der Waals surface area (Å²) in [5.41, 5.74) is -0.0226. The van der Waals surface area contributed by atoms with Crippen LogP contribution in [0.4, 0.5) is 10.8 Å². The number of aromatic nitrogens is 3. The normalized spacial score (nSPS) is 15.1. The minimum absolute atomic E-state index is 0.0226. The Kier molecular flexibility index (Phi) is 4.27. The van der Waals surface area contributed by atoms with Gasteiger partial charge in [0, 0.05) is 19.2 Å². The fraction of sp³-hybridized carbons (Fsp3) is 0.364. The molecule has 110 valence electrons. The van der Waals surface area contributed by atoms with Gasteiger partial charge >= 0.3 is 0 Å². The molecule has 8 nitrogen and oxygen atoms in total. The number of pyridine rings is 1. The van der Waals surface area contributed by atoms with Crippen LogP contribution >= 0.6 is 23.1 Å². The number of hydrogen-bond acceptors (Lipinski definition) is 9. The molecule has 3 rings (SSSR count). The van der Waals surface area contributed by atoms with E-state index >= 15 is 0 Å². The first kappa shape index (κ1) is 14.2. The van der Waals surface area contributed by atoms with E-state index in [2.05, 4.69) is 20.1 Å². The van der Waals surface area contributed by atoms with Gasteiger partial charge in [-0.25, -0.2) is 4.98 Å². The maximum Gasteiger partial charge on any atom is 0.287 e. The molecule has 0 saturated carbocycles. The summed E-state index contributed by atoms with van der Waals surface area (Å²) in [5, 5.41) is 20.4. The van der Waals surface area contributed by atoms with E-state index in [0.29, 0.717) is 18.2 Å². The van der Waals surface area contributed by atoms with Gasteiger partial charge in [-0.3, -0.25) is 10.1 Å². The minimum atomic E-state index is -0.469. The third-order valence-electron chi connectivity index (χ3n) is 2.80. The maximum absolute atomic E-state index is 10.6. The first-order chi connectivity index (χ1) is 10.2. The number of nitro groups is 1. The quantitative estimate of drug-likeness (QED) is 0.621. The topological polar surface area (TPSA) is 94.3 Å². The molecule has 1 aliphatic heterocycles. The zero-order chi connectivity index (χ0) is 14.7. The van der Waals surface area contributed by atoms with Gasteiger partial charge in [-0.2, -0.15) is 0 Å². The molecule has 10 heteroatoms. The molecular weight excluding hydrogens is 314 g/mol. The molecule has 0 aromatic carbocycles. The predicted molar refractivity (Wildman–Crippen MR) is 78.0 cm³/mol. The van der Waals surface area contributed by atoms with E-state index in [9.17, 15) is 10.1 Å². The molecule has 0 amide bonds. The second-order valence-electron chi connectivity index (χ2n) is 4.16. The number of nitrogens with zero attached hydrogens (tertiary/aromatic N) is 5. The van der Waals surface area contributed by atoms with E-state index in [1.54, 1.807) is 6.07 Å². The zero-order valence-corrected chi connectivity index (χ0v) is 12.5. The van der Waals surface area contributed by atoms with Gasteiger partial charge in [-0.1, -0.05) is 11.3 Å². The van der Waals surface area contributed by atoms with E-state index in [1.165, 1.54) is 35.4 Å². The molecule has 1 fully saturated rings. The Bertz CT molecular complexity index is 627. The lowest BCUT2D eigenvalue weighted by molar-refractivity contribution is -0.385. The zero-order valence-electron chi connectivity index (χ0n) is 10.8. The van der Waals surface area contributed by atoms with Crippen LogP contribution in [0.5, 0.6) is 0 Å². The second-order valence-corrected chi connectivity index (χ2v) is 6.39. The van der Waals surface area contributed by atoms with Gasteiger partial charge < -0.3 is 9.64 Å². The lowest BCUT2D eigenvalue weighted by Gasteiger charge is -2.25. The lowest BCUT2D eigenvalue weighted by atomic mass is 10.4. The smallest absolute Gasteiger partial charge is 0.287 e. The monoisotopic (exact) mass is 325 g/mol. The van der Waals surface area contributed by atoms with E-state index in [0.717, 1.165) is 22.6 Å². The molecule has 1 aliphatic rings. The average Bonchev–Trinajstić information content (AvgIpc) is 2.97. The highest BCUT2D eigenvalue weighted by Crippen LogP contribution is 2.32. The first-order valence-electron chi connectivity index (χ1n) is 6.17. The van der Waals surface area contributed by atoms with Crippen LogP contribution in [0.1, 0.15) is 0 Å². The molecule has 0 aliphatic carbocycles. The Balaban J connectivity index is 1.67. The third-order valence-corrected chi connectivity index (χ3v) is 4.79. The van der Waals surface area contributed by atoms with E-state index < -0.39 is 4.92 Å². The third kappa shape index (κ3) is 3.46. The van der Waals surface area contributed by atoms with Gasteiger partial charge in [0.15, 0.2) is 4.34 Å². The van der Waals surface area contributed by atoms with E-state index in [4.69, 9.17) is 4.74 Å². The fourth-order valence-corrected chi connectivity index (χ4v) is 3.54. The standard InChI is InChI=1S/C11H11N5O3S2/c17-16(18)8-1-2-9(12-7-8)20-11-14-13-10(21-11)15-3-5-19-6-4-15/h1-2,7H,3-6H2. The summed E-state index contributed by atoms with van der Waals surface area (Å²) in [4.78, 5) is 16.3. The Morgan fingerprint density at radius 3 is 2.81 bits per heavy atom. The van der Waals surface area contributed by atoms with Gasteiger partial charge in [0.2, 0.25) is 5.13 Å². The Hall–Kier alpha value is -1.78. The van der Waals surface area contributed by atoms with Gasteiger partial charge in [0.05, 0.1) is 18.1 Å². The Morgan fingerprint density at radius 2 is 2.14 bits per heavy atom. The molecule has 0 atom stereocenters. The van der Waals surface area contributed by atoms with Crippen molar-refractivity contribution in [2.24, 2.45) is 0 Å². The summed E-state index contributed by atoms with van der Waals surface area (Å²) in [6.07, 6.45) is 1.24. The van der Waals surface area contributed by atoms with Gasteiger partial charge in [0.1, 0.15) is 11.2 Å². The second kappa shape index (κ2) is 6.33. The molecule has 0 unspecified atom stereocenters. The molecule has 2 aromatic rings. The predicted octanol–water partition coefficient (Wildman–Crippen LogP) is 1.83. The van der Waals surface area contributed by atoms with Crippen molar-refractivity contribution in [3.63, 3.8) is 0 Å². The van der Waals surface area contributed by atoms with Crippen molar-refractivity contribution in [2.75, 3.05) is 31.2 Å². The molecule has 2 aromatic heterocycles. The molecule has 3 heterocycles. The van der Waals surface area contributed by atoms with E-state index in [1.807, 2.05) is 0 Å². The van der Waals surface area contributed by atoms with Crippen molar-refractivity contribution >= 4 is 33.9 Å². The van der Waals surface area contributed by atoms with Crippen LogP contribution in [0.15, 0.2) is 27.7 Å². The van der Waals surface area contributed by atoms with Crippen LogP contribution in [0.3, 0.4) is 0 Å². The van der Waals surface area contributed by atoms with Crippen LogP contribution in [-0.2, 0) is 4.74 Å². The average molecular weight is 325 g/mol. The number of rotatable bonds is 4. The van der Waals surface area contributed by atoms with Gasteiger partial charge in [-0.15, -0.1) is 10.2 Å². The van der Waals surface area contributed by atoms with E-state index in [-0.39, 0.29) is 5.69 Å². The molecule has 0 spiro atoms. The van der Waals surface area contributed by atoms with Crippen LogP contribution in [0.2, 0.25) is 0 Å². The highest BCUT2D eigenvalue weighted by atomic mass is 32.2. The van der Waals surface area contributed by atoms with Crippen LogP contribution in [-0.4, -0.2) is 46.4 Å². The summed E-state index contributed by atoms with van der Waals surface area (Å²) in [5.74, 6) is 0. The number of ether oxygens (including phenoxy) is 1. The van der Waals surface area contributed by atoms with Crippen molar-refractivity contribution in [1.82, 2.24) is 15.2 Å². The van der Waals surface area contributed by atoms with Crippen LogP contribution < -0.4 is 4.90 Å². The number of morpholine rings is 1. The molecule has 0 bridgehead atoms. The van der Waals surface area contributed by atoms with Gasteiger partial charge in [-0.05, 0) is 17.8 Å². The largest absolute Gasteiger partial charge is 0.378 e. The fourth-order valence-electron chi connectivity index (χ4n) is 1.76. The molecule has 0 radical (unpaired) electrons. The first-order valence-corrected chi connectivity index (χ1v) is 7.80. The minimum Gasteiger partial charge on any atom is -0.378 e. The van der Waals surface area contributed by atoms with Crippen molar-refractivity contribution in [3.05, 3.63) is 28.4 Å². The summed E-state index contributed by atoms with van der Waals surface area (Å²) in [7, 11) is 0.